The first-order chi connectivity index (χ1) is 8.31. The van der Waals surface area contributed by atoms with E-state index in [1.807, 2.05) is 0 Å². The van der Waals surface area contributed by atoms with E-state index in [1.165, 1.54) is 43.2 Å². The first-order valence-electron chi connectivity index (χ1n) is 6.65. The molecule has 1 saturated heterocycles. The largest absolute Gasteiger partial charge is 0.377 e. The second-order valence-electron chi connectivity index (χ2n) is 4.80. The molecule has 1 aromatic carbocycles. The van der Waals surface area contributed by atoms with Gasteiger partial charge in [-0.3, -0.25) is 0 Å². The van der Waals surface area contributed by atoms with Gasteiger partial charge in [-0.2, -0.15) is 0 Å². The summed E-state index contributed by atoms with van der Waals surface area (Å²) in [7, 11) is 0. The van der Waals surface area contributed by atoms with Crippen LogP contribution in [-0.4, -0.2) is 12.7 Å². The Bertz CT molecular complexity index is 327. The zero-order valence-electron chi connectivity index (χ0n) is 10.5. The van der Waals surface area contributed by atoms with Gasteiger partial charge in [0.25, 0.3) is 0 Å². The van der Waals surface area contributed by atoms with Crippen LogP contribution in [0, 0.1) is 0 Å². The highest BCUT2D eigenvalue weighted by molar-refractivity contribution is 9.09. The van der Waals surface area contributed by atoms with E-state index >= 15 is 0 Å². The van der Waals surface area contributed by atoms with E-state index in [0.29, 0.717) is 10.9 Å². The molecule has 2 unspecified atom stereocenters. The molecule has 0 radical (unpaired) electrons. The third kappa shape index (κ3) is 3.56. The molecule has 0 aromatic heterocycles. The van der Waals surface area contributed by atoms with Crippen LogP contribution < -0.4 is 0 Å². The van der Waals surface area contributed by atoms with Crippen molar-refractivity contribution >= 4 is 15.9 Å². The molecule has 0 amide bonds. The minimum absolute atomic E-state index is 0.346. The van der Waals surface area contributed by atoms with E-state index < -0.39 is 0 Å². The van der Waals surface area contributed by atoms with Gasteiger partial charge in [-0.1, -0.05) is 53.5 Å². The summed E-state index contributed by atoms with van der Waals surface area (Å²) in [6, 6.07) is 8.97. The van der Waals surface area contributed by atoms with Gasteiger partial charge in [0, 0.05) is 6.61 Å². The molecule has 94 valence electrons. The lowest BCUT2D eigenvalue weighted by Crippen LogP contribution is -2.23. The van der Waals surface area contributed by atoms with Gasteiger partial charge in [-0.25, -0.2) is 0 Å². The molecule has 0 N–H and O–H groups in total. The molecule has 1 aliphatic rings. The maximum atomic E-state index is 5.82. The van der Waals surface area contributed by atoms with E-state index in [-0.39, 0.29) is 0 Å². The number of benzene rings is 1. The number of halogens is 1. The lowest BCUT2D eigenvalue weighted by Gasteiger charge is -2.27. The van der Waals surface area contributed by atoms with Crippen molar-refractivity contribution in [3.05, 3.63) is 35.4 Å². The quantitative estimate of drug-likeness (QED) is 0.735. The van der Waals surface area contributed by atoms with Crippen LogP contribution in [0.3, 0.4) is 0 Å². The molecule has 2 atom stereocenters. The maximum absolute atomic E-state index is 5.82. The van der Waals surface area contributed by atoms with Crippen LogP contribution in [0.2, 0.25) is 0 Å². The van der Waals surface area contributed by atoms with Gasteiger partial charge >= 0.3 is 0 Å². The normalized spacial score (nSPS) is 22.4. The zero-order valence-corrected chi connectivity index (χ0v) is 12.1. The molecule has 2 heteroatoms. The number of hydrogen-bond acceptors (Lipinski definition) is 1. The van der Waals surface area contributed by atoms with Crippen LogP contribution >= 0.6 is 15.9 Å². The van der Waals surface area contributed by atoms with E-state index in [9.17, 15) is 0 Å². The fourth-order valence-electron chi connectivity index (χ4n) is 2.37. The molecule has 1 fully saturated rings. The van der Waals surface area contributed by atoms with Gasteiger partial charge in [-0.15, -0.1) is 0 Å². The SMILES string of the molecule is CCCc1ccc(C(Br)C2CCCCO2)cc1. The summed E-state index contributed by atoms with van der Waals surface area (Å²) >= 11 is 3.79. The van der Waals surface area contributed by atoms with E-state index in [4.69, 9.17) is 4.74 Å². The van der Waals surface area contributed by atoms with Crippen molar-refractivity contribution in [2.45, 2.75) is 50.0 Å². The van der Waals surface area contributed by atoms with Gasteiger partial charge < -0.3 is 4.74 Å². The molecule has 0 bridgehead atoms. The number of ether oxygens (including phenoxy) is 1. The fourth-order valence-corrected chi connectivity index (χ4v) is 3.09. The van der Waals surface area contributed by atoms with E-state index in [0.717, 1.165) is 6.61 Å². The lowest BCUT2D eigenvalue weighted by molar-refractivity contribution is 0.0160. The van der Waals surface area contributed by atoms with Crippen molar-refractivity contribution in [3.63, 3.8) is 0 Å². The van der Waals surface area contributed by atoms with Crippen molar-refractivity contribution in [3.8, 4) is 0 Å². The van der Waals surface area contributed by atoms with Gasteiger partial charge in [0.2, 0.25) is 0 Å². The Labute approximate surface area is 113 Å². The molecule has 0 spiro atoms. The Kier molecular flexibility index (Phi) is 5.05. The molecular formula is C15H21BrO. The third-order valence-corrected chi connectivity index (χ3v) is 4.50. The van der Waals surface area contributed by atoms with Crippen LogP contribution in [0.25, 0.3) is 0 Å². The Hall–Kier alpha value is -0.340. The third-order valence-electron chi connectivity index (χ3n) is 3.38. The number of aryl methyl sites for hydroxylation is 1. The molecule has 17 heavy (non-hydrogen) atoms. The summed E-state index contributed by atoms with van der Waals surface area (Å²) < 4.78 is 5.82. The van der Waals surface area contributed by atoms with Gasteiger partial charge in [0.05, 0.1) is 10.9 Å². The predicted molar refractivity (Wildman–Crippen MR) is 75.7 cm³/mol. The van der Waals surface area contributed by atoms with Crippen LogP contribution in [0.5, 0.6) is 0 Å². The molecule has 0 aliphatic carbocycles. The molecule has 1 aliphatic heterocycles. The molecule has 2 rings (SSSR count). The Balaban J connectivity index is 2.00. The van der Waals surface area contributed by atoms with Crippen molar-refractivity contribution in [1.82, 2.24) is 0 Å². The van der Waals surface area contributed by atoms with Crippen molar-refractivity contribution in [2.24, 2.45) is 0 Å². The summed E-state index contributed by atoms with van der Waals surface area (Å²) in [6.45, 7) is 3.14. The van der Waals surface area contributed by atoms with Crippen LogP contribution in [0.15, 0.2) is 24.3 Å². The Morgan fingerprint density at radius 3 is 2.65 bits per heavy atom. The Morgan fingerprint density at radius 1 is 1.29 bits per heavy atom. The van der Waals surface area contributed by atoms with Gasteiger partial charge in [-0.05, 0) is 36.8 Å². The molecular weight excluding hydrogens is 276 g/mol. The summed E-state index contributed by atoms with van der Waals surface area (Å²) in [5, 5.41) is 0. The standard InChI is InChI=1S/C15H21BrO/c1-2-5-12-7-9-13(10-8-12)15(16)14-6-3-4-11-17-14/h7-10,14-15H,2-6,11H2,1H3. The van der Waals surface area contributed by atoms with Crippen molar-refractivity contribution in [1.29, 1.82) is 0 Å². The van der Waals surface area contributed by atoms with Gasteiger partial charge in [0.1, 0.15) is 0 Å². The molecule has 0 saturated carbocycles. The average molecular weight is 297 g/mol. The molecule has 1 nitrogen and oxygen atoms in total. The summed E-state index contributed by atoms with van der Waals surface area (Å²) in [5.74, 6) is 0. The first-order valence-corrected chi connectivity index (χ1v) is 7.57. The van der Waals surface area contributed by atoms with E-state index in [1.54, 1.807) is 0 Å². The highest BCUT2D eigenvalue weighted by atomic mass is 79.9. The second kappa shape index (κ2) is 6.55. The lowest BCUT2D eigenvalue weighted by atomic mass is 9.99. The monoisotopic (exact) mass is 296 g/mol. The van der Waals surface area contributed by atoms with Crippen LogP contribution in [-0.2, 0) is 11.2 Å². The average Bonchev–Trinajstić information content (AvgIpc) is 2.40. The first kappa shape index (κ1) is 13.1. The van der Waals surface area contributed by atoms with Gasteiger partial charge in [0.15, 0.2) is 0 Å². The van der Waals surface area contributed by atoms with Crippen molar-refractivity contribution in [2.75, 3.05) is 6.61 Å². The maximum Gasteiger partial charge on any atom is 0.0740 e. The minimum atomic E-state index is 0.346. The number of alkyl halides is 1. The zero-order chi connectivity index (χ0) is 12.1. The second-order valence-corrected chi connectivity index (χ2v) is 5.78. The summed E-state index contributed by atoms with van der Waals surface area (Å²) in [4.78, 5) is 0.346. The fraction of sp³-hybridized carbons (Fsp3) is 0.600. The number of hydrogen-bond donors (Lipinski definition) is 0. The Morgan fingerprint density at radius 2 is 2.06 bits per heavy atom. The topological polar surface area (TPSA) is 9.23 Å². The summed E-state index contributed by atoms with van der Waals surface area (Å²) in [6.07, 6.45) is 6.41. The molecule has 1 heterocycles. The minimum Gasteiger partial charge on any atom is -0.377 e. The van der Waals surface area contributed by atoms with E-state index in [2.05, 4.69) is 47.1 Å². The van der Waals surface area contributed by atoms with Crippen molar-refractivity contribution < 1.29 is 4.74 Å². The highest BCUT2D eigenvalue weighted by Gasteiger charge is 2.23. The molecule has 1 aromatic rings. The smallest absolute Gasteiger partial charge is 0.0740 e. The number of rotatable bonds is 4. The highest BCUT2D eigenvalue weighted by Crippen LogP contribution is 2.33. The van der Waals surface area contributed by atoms with Crippen LogP contribution in [0.1, 0.15) is 48.6 Å². The predicted octanol–water partition coefficient (Wildman–Crippen LogP) is 4.64. The summed E-state index contributed by atoms with van der Waals surface area (Å²) in [5.41, 5.74) is 2.78. The van der Waals surface area contributed by atoms with Crippen LogP contribution in [0.4, 0.5) is 0 Å².